The first kappa shape index (κ1) is 13.6. The van der Waals surface area contributed by atoms with E-state index in [2.05, 4.69) is 15.9 Å². The van der Waals surface area contributed by atoms with Crippen molar-refractivity contribution in [2.75, 3.05) is 6.61 Å². The highest BCUT2D eigenvalue weighted by Crippen LogP contribution is 2.32. The molecule has 0 radical (unpaired) electrons. The van der Waals surface area contributed by atoms with E-state index in [0.29, 0.717) is 5.56 Å². The SMILES string of the molecule is OC(c1ccc2c(c1)CCCO2)c1cc(Br)ccc1F. The lowest BCUT2D eigenvalue weighted by Gasteiger charge is -2.20. The summed E-state index contributed by atoms with van der Waals surface area (Å²) in [7, 11) is 0. The van der Waals surface area contributed by atoms with Crippen LogP contribution in [0, 0.1) is 5.82 Å². The van der Waals surface area contributed by atoms with Crippen molar-refractivity contribution in [2.45, 2.75) is 18.9 Å². The quantitative estimate of drug-likeness (QED) is 0.898. The van der Waals surface area contributed by atoms with Gasteiger partial charge in [0.15, 0.2) is 0 Å². The van der Waals surface area contributed by atoms with Gasteiger partial charge in [-0.1, -0.05) is 22.0 Å². The normalized spacial score (nSPS) is 15.3. The predicted octanol–water partition coefficient (Wildman–Crippen LogP) is 3.99. The lowest BCUT2D eigenvalue weighted by atomic mass is 9.96. The molecule has 1 aliphatic rings. The van der Waals surface area contributed by atoms with E-state index in [0.717, 1.165) is 35.2 Å². The fourth-order valence-corrected chi connectivity index (χ4v) is 2.83. The van der Waals surface area contributed by atoms with Crippen LogP contribution in [0.4, 0.5) is 4.39 Å². The summed E-state index contributed by atoms with van der Waals surface area (Å²) in [5, 5.41) is 10.4. The molecule has 0 aromatic heterocycles. The highest BCUT2D eigenvalue weighted by atomic mass is 79.9. The summed E-state index contributed by atoms with van der Waals surface area (Å²) >= 11 is 3.30. The van der Waals surface area contributed by atoms with Crippen molar-refractivity contribution in [3.05, 3.63) is 63.4 Å². The third-order valence-electron chi connectivity index (χ3n) is 3.50. The molecule has 0 fully saturated rings. The van der Waals surface area contributed by atoms with Crippen LogP contribution in [0.25, 0.3) is 0 Å². The van der Waals surface area contributed by atoms with E-state index in [1.165, 1.54) is 6.07 Å². The molecule has 2 nitrogen and oxygen atoms in total. The first-order chi connectivity index (χ1) is 9.65. The Morgan fingerprint density at radius 1 is 1.20 bits per heavy atom. The van der Waals surface area contributed by atoms with E-state index < -0.39 is 11.9 Å². The maximum atomic E-state index is 13.8. The number of aliphatic hydroxyl groups is 1. The molecule has 1 atom stereocenters. The average molecular weight is 337 g/mol. The summed E-state index contributed by atoms with van der Waals surface area (Å²) in [6.07, 6.45) is 0.925. The first-order valence-corrected chi connectivity index (χ1v) is 7.33. The zero-order valence-corrected chi connectivity index (χ0v) is 12.4. The first-order valence-electron chi connectivity index (χ1n) is 6.54. The summed E-state index contributed by atoms with van der Waals surface area (Å²) in [4.78, 5) is 0. The molecule has 1 N–H and O–H groups in total. The van der Waals surface area contributed by atoms with E-state index in [-0.39, 0.29) is 5.56 Å². The molecule has 1 aliphatic heterocycles. The summed E-state index contributed by atoms with van der Waals surface area (Å²) in [6.45, 7) is 0.731. The highest BCUT2D eigenvalue weighted by molar-refractivity contribution is 9.10. The van der Waals surface area contributed by atoms with Gasteiger partial charge in [-0.25, -0.2) is 4.39 Å². The fourth-order valence-electron chi connectivity index (χ4n) is 2.45. The molecular formula is C16H14BrFO2. The molecule has 1 unspecified atom stereocenters. The number of aliphatic hydroxyl groups excluding tert-OH is 1. The van der Waals surface area contributed by atoms with Crippen LogP contribution < -0.4 is 4.74 Å². The number of benzene rings is 2. The third kappa shape index (κ3) is 2.58. The van der Waals surface area contributed by atoms with Gasteiger partial charge in [0.1, 0.15) is 17.7 Å². The molecule has 0 bridgehead atoms. The van der Waals surface area contributed by atoms with Crippen molar-refractivity contribution in [2.24, 2.45) is 0 Å². The van der Waals surface area contributed by atoms with E-state index in [9.17, 15) is 9.50 Å². The van der Waals surface area contributed by atoms with Crippen molar-refractivity contribution < 1.29 is 14.2 Å². The van der Waals surface area contributed by atoms with Gasteiger partial charge in [-0.3, -0.25) is 0 Å². The molecular weight excluding hydrogens is 323 g/mol. The number of hydrogen-bond donors (Lipinski definition) is 1. The van der Waals surface area contributed by atoms with Crippen molar-refractivity contribution in [3.63, 3.8) is 0 Å². The number of rotatable bonds is 2. The number of ether oxygens (including phenoxy) is 1. The lowest BCUT2D eigenvalue weighted by Crippen LogP contribution is -2.10. The Labute approximate surface area is 125 Å². The number of hydrogen-bond acceptors (Lipinski definition) is 2. The average Bonchev–Trinajstić information content (AvgIpc) is 2.48. The standard InChI is InChI=1S/C16H14BrFO2/c17-12-4-5-14(18)13(9-12)16(19)11-3-6-15-10(8-11)2-1-7-20-15/h3-6,8-9,16,19H,1-2,7H2. The van der Waals surface area contributed by atoms with Crippen molar-refractivity contribution in [3.8, 4) is 5.75 Å². The van der Waals surface area contributed by atoms with Crippen molar-refractivity contribution >= 4 is 15.9 Å². The fraction of sp³-hybridized carbons (Fsp3) is 0.250. The monoisotopic (exact) mass is 336 g/mol. The molecule has 0 spiro atoms. The number of fused-ring (bicyclic) bond motifs is 1. The molecule has 0 saturated heterocycles. The minimum absolute atomic E-state index is 0.274. The van der Waals surface area contributed by atoms with Crippen LogP contribution >= 0.6 is 15.9 Å². The minimum atomic E-state index is -0.972. The van der Waals surface area contributed by atoms with Crippen LogP contribution in [0.3, 0.4) is 0 Å². The van der Waals surface area contributed by atoms with E-state index in [1.54, 1.807) is 18.2 Å². The van der Waals surface area contributed by atoms with Crippen molar-refractivity contribution in [1.82, 2.24) is 0 Å². The molecule has 20 heavy (non-hydrogen) atoms. The highest BCUT2D eigenvalue weighted by Gasteiger charge is 2.18. The Bertz CT molecular complexity index is 642. The lowest BCUT2D eigenvalue weighted by molar-refractivity contribution is 0.214. The number of aryl methyl sites for hydroxylation is 1. The van der Waals surface area contributed by atoms with Gasteiger partial charge >= 0.3 is 0 Å². The summed E-state index contributed by atoms with van der Waals surface area (Å²) < 4.78 is 20.1. The van der Waals surface area contributed by atoms with Crippen LogP contribution in [-0.2, 0) is 6.42 Å². The van der Waals surface area contributed by atoms with Gasteiger partial charge in [-0.2, -0.15) is 0 Å². The molecule has 0 saturated carbocycles. The molecule has 2 aromatic carbocycles. The largest absolute Gasteiger partial charge is 0.493 e. The molecule has 2 aromatic rings. The maximum Gasteiger partial charge on any atom is 0.129 e. The Morgan fingerprint density at radius 2 is 2.05 bits per heavy atom. The van der Waals surface area contributed by atoms with Crippen LogP contribution in [0.2, 0.25) is 0 Å². The molecule has 0 aliphatic carbocycles. The second-order valence-corrected chi connectivity index (χ2v) is 5.80. The molecule has 104 valence electrons. The Hall–Kier alpha value is -1.39. The maximum absolute atomic E-state index is 13.8. The van der Waals surface area contributed by atoms with Gasteiger partial charge in [0, 0.05) is 10.0 Å². The van der Waals surface area contributed by atoms with Gasteiger partial charge < -0.3 is 9.84 Å². The van der Waals surface area contributed by atoms with Crippen LogP contribution in [-0.4, -0.2) is 11.7 Å². The zero-order valence-electron chi connectivity index (χ0n) is 10.8. The Morgan fingerprint density at radius 3 is 2.90 bits per heavy atom. The molecule has 0 amide bonds. The number of halogens is 2. The van der Waals surface area contributed by atoms with E-state index >= 15 is 0 Å². The van der Waals surface area contributed by atoms with Gasteiger partial charge in [-0.15, -0.1) is 0 Å². The third-order valence-corrected chi connectivity index (χ3v) is 3.99. The van der Waals surface area contributed by atoms with Gasteiger partial charge in [0.2, 0.25) is 0 Å². The van der Waals surface area contributed by atoms with Gasteiger partial charge in [-0.05, 0) is 54.3 Å². The zero-order chi connectivity index (χ0) is 14.1. The van der Waals surface area contributed by atoms with Crippen LogP contribution in [0.15, 0.2) is 40.9 Å². The predicted molar refractivity (Wildman–Crippen MR) is 78.4 cm³/mol. The molecule has 4 heteroatoms. The molecule has 3 rings (SSSR count). The summed E-state index contributed by atoms with van der Waals surface area (Å²) in [5.41, 5.74) is 2.03. The van der Waals surface area contributed by atoms with E-state index in [1.807, 2.05) is 12.1 Å². The van der Waals surface area contributed by atoms with E-state index in [4.69, 9.17) is 4.74 Å². The molecule has 1 heterocycles. The summed E-state index contributed by atoms with van der Waals surface area (Å²) in [5.74, 6) is 0.455. The smallest absolute Gasteiger partial charge is 0.129 e. The topological polar surface area (TPSA) is 29.5 Å². The Balaban J connectivity index is 1.97. The van der Waals surface area contributed by atoms with Crippen LogP contribution in [0.1, 0.15) is 29.2 Å². The second-order valence-electron chi connectivity index (χ2n) is 4.89. The van der Waals surface area contributed by atoms with Crippen LogP contribution in [0.5, 0.6) is 5.75 Å². The minimum Gasteiger partial charge on any atom is -0.493 e. The summed E-state index contributed by atoms with van der Waals surface area (Å²) in [6, 6.07) is 10.1. The van der Waals surface area contributed by atoms with Gasteiger partial charge in [0.05, 0.1) is 6.61 Å². The second kappa shape index (κ2) is 5.54. The van der Waals surface area contributed by atoms with Gasteiger partial charge in [0.25, 0.3) is 0 Å². The van der Waals surface area contributed by atoms with Crippen molar-refractivity contribution in [1.29, 1.82) is 0 Å². The Kier molecular flexibility index (Phi) is 3.76.